The first-order chi connectivity index (χ1) is 19.7. The molecule has 41 heavy (non-hydrogen) atoms. The number of nitrogens with zero attached hydrogens (tertiary/aromatic N) is 1. The minimum absolute atomic E-state index is 0.122. The van der Waals surface area contributed by atoms with Gasteiger partial charge in [0.25, 0.3) is 0 Å². The zero-order chi connectivity index (χ0) is 28.9. The number of hydrogen-bond acceptors (Lipinski definition) is 8. The number of amides is 2. The number of allylic oxidation sites excluding steroid dienone is 2. The maximum absolute atomic E-state index is 13.1. The molecule has 1 N–H and O–H groups in total. The van der Waals surface area contributed by atoms with Crippen LogP contribution in [0.15, 0.2) is 54.6 Å². The quantitative estimate of drug-likeness (QED) is 0.228. The molecule has 3 aliphatic carbocycles. The van der Waals surface area contributed by atoms with Gasteiger partial charge in [0.15, 0.2) is 17.6 Å². The summed E-state index contributed by atoms with van der Waals surface area (Å²) in [6.07, 6.45) is 7.78. The molecule has 3 fully saturated rings. The summed E-state index contributed by atoms with van der Waals surface area (Å²) in [6, 6.07) is 11.0. The highest BCUT2D eigenvalue weighted by Gasteiger charge is 2.59. The summed E-state index contributed by atoms with van der Waals surface area (Å²) in [5.41, 5.74) is 0.0143. The molecule has 2 bridgehead atoms. The van der Waals surface area contributed by atoms with E-state index in [4.69, 9.17) is 14.2 Å². The molecular formula is C32H33NO8. The molecule has 0 aromatic heterocycles. The van der Waals surface area contributed by atoms with Crippen molar-refractivity contribution in [2.24, 2.45) is 23.7 Å². The van der Waals surface area contributed by atoms with E-state index >= 15 is 0 Å². The Morgan fingerprint density at radius 3 is 2.15 bits per heavy atom. The van der Waals surface area contributed by atoms with E-state index in [-0.39, 0.29) is 52.5 Å². The van der Waals surface area contributed by atoms with Crippen LogP contribution in [-0.2, 0) is 19.1 Å². The number of methoxy groups -OCH3 is 1. The lowest BCUT2D eigenvalue weighted by Crippen LogP contribution is -2.40. The Balaban J connectivity index is 1.18. The van der Waals surface area contributed by atoms with Crippen LogP contribution in [0.1, 0.15) is 67.5 Å². The van der Waals surface area contributed by atoms with Crippen molar-refractivity contribution in [1.82, 2.24) is 0 Å². The van der Waals surface area contributed by atoms with Crippen molar-refractivity contribution in [3.05, 3.63) is 65.7 Å². The van der Waals surface area contributed by atoms with Gasteiger partial charge in [0.1, 0.15) is 5.60 Å². The molecule has 5 atom stereocenters. The number of aliphatic hydroxyl groups is 1. The van der Waals surface area contributed by atoms with Crippen LogP contribution in [0, 0.1) is 23.7 Å². The third-order valence-electron chi connectivity index (χ3n) is 9.02. The van der Waals surface area contributed by atoms with Gasteiger partial charge in [-0.2, -0.15) is 0 Å². The van der Waals surface area contributed by atoms with Gasteiger partial charge < -0.3 is 19.3 Å². The third kappa shape index (κ3) is 4.72. The van der Waals surface area contributed by atoms with Crippen LogP contribution in [0.5, 0.6) is 11.5 Å². The highest BCUT2D eigenvalue weighted by molar-refractivity contribution is 6.22. The van der Waals surface area contributed by atoms with Crippen LogP contribution in [0.25, 0.3) is 0 Å². The zero-order valence-corrected chi connectivity index (χ0v) is 23.1. The first-order valence-corrected chi connectivity index (χ1v) is 14.2. The lowest BCUT2D eigenvalue weighted by atomic mass is 9.78. The molecule has 0 radical (unpaired) electrons. The molecule has 9 nitrogen and oxygen atoms in total. The summed E-state index contributed by atoms with van der Waals surface area (Å²) >= 11 is 0. The van der Waals surface area contributed by atoms with E-state index in [1.807, 2.05) is 0 Å². The van der Waals surface area contributed by atoms with Crippen LogP contribution in [-0.4, -0.2) is 41.6 Å². The van der Waals surface area contributed by atoms with Crippen molar-refractivity contribution >= 4 is 29.4 Å². The summed E-state index contributed by atoms with van der Waals surface area (Å²) in [4.78, 5) is 52.3. The summed E-state index contributed by atoms with van der Waals surface area (Å²) in [6.45, 7) is 1.31. The van der Waals surface area contributed by atoms with Crippen molar-refractivity contribution in [3.63, 3.8) is 0 Å². The van der Waals surface area contributed by atoms with Crippen LogP contribution in [0.3, 0.4) is 0 Å². The molecule has 4 aliphatic rings. The molecular weight excluding hydrogens is 526 g/mol. The Hall–Kier alpha value is -3.98. The number of esters is 2. The Bertz CT molecular complexity index is 1390. The highest BCUT2D eigenvalue weighted by atomic mass is 16.6. The predicted molar refractivity (Wildman–Crippen MR) is 147 cm³/mol. The lowest BCUT2D eigenvalue weighted by Gasteiger charge is -2.38. The van der Waals surface area contributed by atoms with Crippen LogP contribution >= 0.6 is 0 Å². The number of imide groups is 1. The number of hydrogen-bond donors (Lipinski definition) is 1. The second kappa shape index (κ2) is 10.4. The van der Waals surface area contributed by atoms with Crippen molar-refractivity contribution in [3.8, 4) is 11.5 Å². The summed E-state index contributed by atoms with van der Waals surface area (Å²) in [7, 11) is 1.43. The topological polar surface area (TPSA) is 119 Å². The monoisotopic (exact) mass is 559 g/mol. The third-order valence-corrected chi connectivity index (χ3v) is 9.02. The lowest BCUT2D eigenvalue weighted by molar-refractivity contribution is -0.168. The standard InChI is InChI=1S/C32H33NO8/c1-18(34)40-28(32(38)14-4-3-5-15-32)22-10-13-24(25(17-22)39-2)41-31(37)19-8-11-23(12-9-19)33-29(35)26-20-6-7-21(16-20)27(26)30(33)36/h6-13,17,20-21,26-28,38H,3-5,14-16H2,1-2H3/t20-,21+,26-,27+,28?. The Morgan fingerprint density at radius 1 is 0.927 bits per heavy atom. The predicted octanol–water partition coefficient (Wildman–Crippen LogP) is 4.53. The molecule has 214 valence electrons. The van der Waals surface area contributed by atoms with Gasteiger partial charge in [0.05, 0.1) is 30.2 Å². The van der Waals surface area contributed by atoms with E-state index < -0.39 is 23.6 Å². The summed E-state index contributed by atoms with van der Waals surface area (Å²) in [5, 5.41) is 11.3. The van der Waals surface area contributed by atoms with Gasteiger partial charge in [-0.1, -0.05) is 37.5 Å². The van der Waals surface area contributed by atoms with Gasteiger partial charge in [-0.25, -0.2) is 4.79 Å². The molecule has 2 saturated carbocycles. The summed E-state index contributed by atoms with van der Waals surface area (Å²) < 4.78 is 16.7. The number of fused-ring (bicyclic) bond motifs is 5. The number of benzene rings is 2. The molecule has 9 heteroatoms. The number of anilines is 1. The van der Waals surface area contributed by atoms with Gasteiger partial charge in [-0.05, 0) is 73.1 Å². The minimum atomic E-state index is -1.19. The smallest absolute Gasteiger partial charge is 0.343 e. The SMILES string of the molecule is COc1cc(C(OC(C)=O)C2(O)CCCCC2)ccc1OC(=O)c1ccc(N2C(=O)[C@@H]3[C@H](C2=O)[C@@H]2C=C[C@H]3C2)cc1. The van der Waals surface area contributed by atoms with Crippen molar-refractivity contribution < 1.29 is 38.5 Å². The van der Waals surface area contributed by atoms with Gasteiger partial charge in [0, 0.05) is 6.92 Å². The number of rotatable bonds is 7. The second-order valence-electron chi connectivity index (χ2n) is 11.5. The van der Waals surface area contributed by atoms with E-state index in [9.17, 15) is 24.3 Å². The maximum atomic E-state index is 13.1. The van der Waals surface area contributed by atoms with Crippen LogP contribution in [0.4, 0.5) is 5.69 Å². The Labute approximate surface area is 238 Å². The van der Waals surface area contributed by atoms with Gasteiger partial charge in [-0.3, -0.25) is 19.3 Å². The van der Waals surface area contributed by atoms with E-state index in [0.29, 0.717) is 24.1 Å². The molecule has 1 saturated heterocycles. The maximum Gasteiger partial charge on any atom is 0.343 e. The Kier molecular flexibility index (Phi) is 6.93. The number of carbonyl (C=O) groups excluding carboxylic acids is 4. The number of carbonyl (C=O) groups is 4. The molecule has 2 aromatic rings. The van der Waals surface area contributed by atoms with E-state index in [1.54, 1.807) is 30.3 Å². The molecule has 0 spiro atoms. The van der Waals surface area contributed by atoms with E-state index in [2.05, 4.69) is 12.2 Å². The zero-order valence-electron chi connectivity index (χ0n) is 23.1. The number of ether oxygens (including phenoxy) is 3. The molecule has 1 unspecified atom stereocenters. The van der Waals surface area contributed by atoms with Gasteiger partial charge in [-0.15, -0.1) is 0 Å². The van der Waals surface area contributed by atoms with Crippen molar-refractivity contribution in [2.45, 2.75) is 57.2 Å². The fourth-order valence-corrected chi connectivity index (χ4v) is 7.07. The van der Waals surface area contributed by atoms with Gasteiger partial charge >= 0.3 is 11.9 Å². The highest BCUT2D eigenvalue weighted by Crippen LogP contribution is 2.53. The first-order valence-electron chi connectivity index (χ1n) is 14.2. The van der Waals surface area contributed by atoms with E-state index in [0.717, 1.165) is 25.7 Å². The fourth-order valence-electron chi connectivity index (χ4n) is 7.07. The minimum Gasteiger partial charge on any atom is -0.493 e. The van der Waals surface area contributed by atoms with Gasteiger partial charge in [0.2, 0.25) is 11.8 Å². The first kappa shape index (κ1) is 27.2. The average molecular weight is 560 g/mol. The molecule has 2 aromatic carbocycles. The largest absolute Gasteiger partial charge is 0.493 e. The molecule has 1 aliphatic heterocycles. The fraction of sp³-hybridized carbons (Fsp3) is 0.438. The van der Waals surface area contributed by atoms with Crippen molar-refractivity contribution in [2.75, 3.05) is 12.0 Å². The normalized spacial score (nSPS) is 26.6. The molecule has 2 amide bonds. The van der Waals surface area contributed by atoms with E-state index in [1.165, 1.54) is 31.1 Å². The Morgan fingerprint density at radius 2 is 1.56 bits per heavy atom. The second-order valence-corrected chi connectivity index (χ2v) is 11.5. The average Bonchev–Trinajstić information content (AvgIpc) is 3.66. The van der Waals surface area contributed by atoms with Crippen LogP contribution < -0.4 is 14.4 Å². The van der Waals surface area contributed by atoms with Crippen LogP contribution in [0.2, 0.25) is 0 Å². The molecule has 6 rings (SSSR count). The molecule has 1 heterocycles. The summed E-state index contributed by atoms with van der Waals surface area (Å²) in [5.74, 6) is -1.46. The van der Waals surface area contributed by atoms with Crippen molar-refractivity contribution in [1.29, 1.82) is 0 Å².